The minimum Gasteiger partial charge on any atom is -0.345 e. The molecule has 0 aliphatic carbocycles. The van der Waals surface area contributed by atoms with Gasteiger partial charge in [-0.1, -0.05) is 6.92 Å². The molecule has 1 aliphatic rings. The van der Waals surface area contributed by atoms with Crippen molar-refractivity contribution in [2.45, 2.75) is 19.4 Å². The molecule has 1 unspecified atom stereocenters. The predicted molar refractivity (Wildman–Crippen MR) is 58.5 cm³/mol. The number of piperazine rings is 1. The van der Waals surface area contributed by atoms with E-state index in [-0.39, 0.29) is 30.7 Å². The van der Waals surface area contributed by atoms with E-state index in [0.717, 1.165) is 6.26 Å². The number of sulfone groups is 1. The van der Waals surface area contributed by atoms with Crippen LogP contribution in [-0.2, 0) is 19.4 Å². The highest BCUT2D eigenvalue weighted by atomic mass is 32.2. The summed E-state index contributed by atoms with van der Waals surface area (Å²) in [5.74, 6) is -0.548. The number of hydrogen-bond acceptors (Lipinski definition) is 4. The molecule has 0 aromatic heterocycles. The lowest BCUT2D eigenvalue weighted by atomic mass is 10.1. The third-order valence-corrected chi connectivity index (χ3v) is 3.43. The van der Waals surface area contributed by atoms with Gasteiger partial charge in [0.05, 0.1) is 12.3 Å². The van der Waals surface area contributed by atoms with Crippen LogP contribution in [0.5, 0.6) is 0 Å². The second kappa shape index (κ2) is 4.82. The van der Waals surface area contributed by atoms with Gasteiger partial charge in [0.1, 0.15) is 15.9 Å². The van der Waals surface area contributed by atoms with Crippen molar-refractivity contribution in [1.82, 2.24) is 10.2 Å². The van der Waals surface area contributed by atoms with Gasteiger partial charge >= 0.3 is 0 Å². The van der Waals surface area contributed by atoms with Crippen LogP contribution in [0.4, 0.5) is 0 Å². The Labute approximate surface area is 94.9 Å². The van der Waals surface area contributed by atoms with Gasteiger partial charge in [-0.05, 0) is 6.42 Å². The molecule has 92 valence electrons. The highest BCUT2D eigenvalue weighted by molar-refractivity contribution is 7.90. The molecule has 6 nitrogen and oxygen atoms in total. The monoisotopic (exact) mass is 248 g/mol. The fraction of sp³-hybridized carbons (Fsp3) is 0.778. The number of nitrogens with one attached hydrogen (secondary N) is 1. The molecule has 1 heterocycles. The molecule has 0 radical (unpaired) electrons. The van der Waals surface area contributed by atoms with Crippen LogP contribution >= 0.6 is 0 Å². The fourth-order valence-electron chi connectivity index (χ4n) is 1.65. The number of nitrogens with zero attached hydrogens (tertiary/aromatic N) is 1. The third kappa shape index (κ3) is 3.19. The summed E-state index contributed by atoms with van der Waals surface area (Å²) >= 11 is 0. The van der Waals surface area contributed by atoms with Gasteiger partial charge in [0.2, 0.25) is 11.8 Å². The van der Waals surface area contributed by atoms with E-state index in [1.54, 1.807) is 6.92 Å². The molecule has 0 bridgehead atoms. The predicted octanol–water partition coefficient (Wildman–Crippen LogP) is -1.23. The first-order valence-corrected chi connectivity index (χ1v) is 7.16. The molecule has 0 aromatic carbocycles. The van der Waals surface area contributed by atoms with Crippen molar-refractivity contribution in [3.05, 3.63) is 0 Å². The van der Waals surface area contributed by atoms with Crippen LogP contribution in [-0.4, -0.2) is 56.3 Å². The molecule has 0 spiro atoms. The zero-order valence-electron chi connectivity index (χ0n) is 9.39. The Bertz CT molecular complexity index is 390. The first kappa shape index (κ1) is 13.0. The molecule has 7 heteroatoms. The van der Waals surface area contributed by atoms with Crippen LogP contribution in [0.1, 0.15) is 13.3 Å². The fourth-order valence-corrected chi connectivity index (χ4v) is 2.18. The van der Waals surface area contributed by atoms with Crippen molar-refractivity contribution in [2.75, 3.05) is 25.1 Å². The first-order valence-electron chi connectivity index (χ1n) is 5.10. The zero-order chi connectivity index (χ0) is 12.3. The van der Waals surface area contributed by atoms with Crippen LogP contribution in [0.25, 0.3) is 0 Å². The normalized spacial score (nSPS) is 22.1. The molecule has 16 heavy (non-hydrogen) atoms. The Morgan fingerprint density at radius 1 is 1.44 bits per heavy atom. The quantitative estimate of drug-likeness (QED) is 0.675. The summed E-state index contributed by atoms with van der Waals surface area (Å²) in [4.78, 5) is 24.3. The average molecular weight is 248 g/mol. The smallest absolute Gasteiger partial charge is 0.243 e. The minimum atomic E-state index is -3.12. The van der Waals surface area contributed by atoms with E-state index in [1.165, 1.54) is 4.90 Å². The van der Waals surface area contributed by atoms with E-state index in [1.807, 2.05) is 0 Å². The summed E-state index contributed by atoms with van der Waals surface area (Å²) in [6.07, 6.45) is 1.60. The molecular weight excluding hydrogens is 232 g/mol. The van der Waals surface area contributed by atoms with E-state index >= 15 is 0 Å². The standard InChI is InChI=1S/C9H16N2O4S/c1-3-7-9(13)10-6-8(12)11(7)4-5-16(2,14)15/h7H,3-6H2,1-2H3,(H,10,13). The highest BCUT2D eigenvalue weighted by Crippen LogP contribution is 2.09. The van der Waals surface area contributed by atoms with Crippen molar-refractivity contribution in [2.24, 2.45) is 0 Å². The lowest BCUT2D eigenvalue weighted by Gasteiger charge is -2.34. The summed E-state index contributed by atoms with van der Waals surface area (Å²) < 4.78 is 22.0. The molecule has 1 atom stereocenters. The molecule has 1 aliphatic heterocycles. The van der Waals surface area contributed by atoms with Crippen LogP contribution in [0, 0.1) is 0 Å². The van der Waals surface area contributed by atoms with Crippen LogP contribution < -0.4 is 5.32 Å². The summed E-state index contributed by atoms with van der Waals surface area (Å²) in [5, 5.41) is 2.48. The van der Waals surface area contributed by atoms with Gasteiger partial charge < -0.3 is 10.2 Å². The number of hydrogen-bond donors (Lipinski definition) is 1. The van der Waals surface area contributed by atoms with E-state index in [0.29, 0.717) is 6.42 Å². The summed E-state index contributed by atoms with van der Waals surface area (Å²) in [6.45, 7) is 1.83. The first-order chi connectivity index (χ1) is 7.35. The lowest BCUT2D eigenvalue weighted by Crippen LogP contribution is -2.58. The minimum absolute atomic E-state index is 0.0426. The Morgan fingerprint density at radius 2 is 2.06 bits per heavy atom. The molecule has 1 N–H and O–H groups in total. The van der Waals surface area contributed by atoms with Crippen molar-refractivity contribution < 1.29 is 18.0 Å². The third-order valence-electron chi connectivity index (χ3n) is 2.50. The van der Waals surface area contributed by atoms with Gasteiger partial charge in [0.15, 0.2) is 0 Å². The van der Waals surface area contributed by atoms with Crippen molar-refractivity contribution in [3.63, 3.8) is 0 Å². The van der Waals surface area contributed by atoms with Crippen molar-refractivity contribution in [1.29, 1.82) is 0 Å². The lowest BCUT2D eigenvalue weighted by molar-refractivity contribution is -0.145. The van der Waals surface area contributed by atoms with Crippen LogP contribution in [0.3, 0.4) is 0 Å². The van der Waals surface area contributed by atoms with Gasteiger partial charge in [-0.3, -0.25) is 9.59 Å². The Hall–Kier alpha value is -1.11. The molecule has 2 amide bonds. The number of rotatable bonds is 4. The number of amides is 2. The molecule has 0 aromatic rings. The topological polar surface area (TPSA) is 83.6 Å². The van der Waals surface area contributed by atoms with Gasteiger partial charge in [-0.25, -0.2) is 8.42 Å². The van der Waals surface area contributed by atoms with Crippen molar-refractivity contribution in [3.8, 4) is 0 Å². The Balaban J connectivity index is 2.73. The van der Waals surface area contributed by atoms with Gasteiger partial charge in [-0.15, -0.1) is 0 Å². The highest BCUT2D eigenvalue weighted by Gasteiger charge is 2.33. The number of carbonyl (C=O) groups is 2. The van der Waals surface area contributed by atoms with Crippen molar-refractivity contribution >= 4 is 21.7 Å². The summed E-state index contributed by atoms with van der Waals surface area (Å²) in [7, 11) is -3.12. The Morgan fingerprint density at radius 3 is 2.56 bits per heavy atom. The maximum absolute atomic E-state index is 11.5. The molecule has 0 saturated carbocycles. The largest absolute Gasteiger partial charge is 0.345 e. The maximum atomic E-state index is 11.5. The molecular formula is C9H16N2O4S. The molecule has 1 fully saturated rings. The molecule has 1 rings (SSSR count). The van der Waals surface area contributed by atoms with Crippen LogP contribution in [0.15, 0.2) is 0 Å². The summed E-state index contributed by atoms with van der Waals surface area (Å²) in [5.41, 5.74) is 0. The van der Waals surface area contributed by atoms with E-state index in [4.69, 9.17) is 0 Å². The molecule has 1 saturated heterocycles. The van der Waals surface area contributed by atoms with Gasteiger partial charge in [0, 0.05) is 12.8 Å². The zero-order valence-corrected chi connectivity index (χ0v) is 10.2. The Kier molecular flexibility index (Phi) is 3.90. The van der Waals surface area contributed by atoms with E-state index in [9.17, 15) is 18.0 Å². The maximum Gasteiger partial charge on any atom is 0.243 e. The van der Waals surface area contributed by atoms with Crippen LogP contribution in [0.2, 0.25) is 0 Å². The SMILES string of the molecule is CCC1C(=O)NCC(=O)N1CCS(C)(=O)=O. The summed E-state index contributed by atoms with van der Waals surface area (Å²) in [6, 6.07) is -0.539. The van der Waals surface area contributed by atoms with Gasteiger partial charge in [-0.2, -0.15) is 0 Å². The van der Waals surface area contributed by atoms with Gasteiger partial charge in [0.25, 0.3) is 0 Å². The second-order valence-corrected chi connectivity index (χ2v) is 6.12. The number of carbonyl (C=O) groups excluding carboxylic acids is 2. The average Bonchev–Trinajstić information content (AvgIpc) is 2.17. The second-order valence-electron chi connectivity index (χ2n) is 3.86. The van der Waals surface area contributed by atoms with E-state index in [2.05, 4.69) is 5.32 Å². The van der Waals surface area contributed by atoms with E-state index < -0.39 is 15.9 Å².